The van der Waals surface area contributed by atoms with E-state index in [1.54, 1.807) is 6.20 Å². The van der Waals surface area contributed by atoms with Crippen LogP contribution >= 0.6 is 0 Å². The summed E-state index contributed by atoms with van der Waals surface area (Å²) >= 11 is 0. The van der Waals surface area contributed by atoms with Crippen molar-refractivity contribution in [3.63, 3.8) is 0 Å². The molecular formula is C14H17N3O2. The zero-order valence-electron chi connectivity index (χ0n) is 11.0. The molecule has 0 aromatic carbocycles. The first kappa shape index (κ1) is 13.3. The van der Waals surface area contributed by atoms with Gasteiger partial charge in [0.05, 0.1) is 0 Å². The van der Waals surface area contributed by atoms with E-state index in [4.69, 9.17) is 10.8 Å². The van der Waals surface area contributed by atoms with Crippen molar-refractivity contribution in [1.82, 2.24) is 9.55 Å². The molecule has 5 nitrogen and oxygen atoms in total. The van der Waals surface area contributed by atoms with E-state index in [0.29, 0.717) is 6.42 Å². The number of aliphatic carboxylic acids is 1. The van der Waals surface area contributed by atoms with Crippen molar-refractivity contribution in [2.24, 2.45) is 5.73 Å². The molecule has 0 saturated carbocycles. The van der Waals surface area contributed by atoms with Gasteiger partial charge in [0.15, 0.2) is 0 Å². The van der Waals surface area contributed by atoms with Crippen LogP contribution in [0.5, 0.6) is 0 Å². The lowest BCUT2D eigenvalue weighted by molar-refractivity contribution is -0.138. The second kappa shape index (κ2) is 5.24. The summed E-state index contributed by atoms with van der Waals surface area (Å²) in [7, 11) is 0. The Hall–Kier alpha value is -2.14. The molecule has 19 heavy (non-hydrogen) atoms. The number of pyridine rings is 1. The van der Waals surface area contributed by atoms with E-state index in [0.717, 1.165) is 22.8 Å². The van der Waals surface area contributed by atoms with Crippen LogP contribution < -0.4 is 5.73 Å². The molecule has 0 bridgehead atoms. The largest absolute Gasteiger partial charge is 0.480 e. The van der Waals surface area contributed by atoms with Crippen molar-refractivity contribution in [2.75, 3.05) is 0 Å². The highest BCUT2D eigenvalue weighted by Gasteiger charge is 2.17. The average molecular weight is 259 g/mol. The zero-order chi connectivity index (χ0) is 14.0. The van der Waals surface area contributed by atoms with Crippen LogP contribution in [0.15, 0.2) is 30.5 Å². The van der Waals surface area contributed by atoms with Crippen LogP contribution in [-0.4, -0.2) is 26.7 Å². The van der Waals surface area contributed by atoms with E-state index >= 15 is 0 Å². The fourth-order valence-corrected chi connectivity index (χ4v) is 2.20. The molecular weight excluding hydrogens is 242 g/mol. The Morgan fingerprint density at radius 3 is 2.79 bits per heavy atom. The van der Waals surface area contributed by atoms with Crippen molar-refractivity contribution in [2.45, 2.75) is 26.3 Å². The maximum absolute atomic E-state index is 10.8. The fraction of sp³-hybridized carbons (Fsp3) is 0.286. The number of rotatable bonds is 4. The van der Waals surface area contributed by atoms with Crippen molar-refractivity contribution < 1.29 is 9.90 Å². The SMILES string of the molecule is Cc1cc(CC(N)C(=O)O)c(C)n1-c1ccccn1. The lowest BCUT2D eigenvalue weighted by atomic mass is 10.1. The summed E-state index contributed by atoms with van der Waals surface area (Å²) in [6, 6.07) is 6.79. The second-order valence-corrected chi connectivity index (χ2v) is 4.57. The Labute approximate surface area is 111 Å². The number of hydrogen-bond donors (Lipinski definition) is 2. The molecule has 1 unspecified atom stereocenters. The van der Waals surface area contributed by atoms with Gasteiger partial charge >= 0.3 is 5.97 Å². The molecule has 0 saturated heterocycles. The third kappa shape index (κ3) is 2.66. The first-order valence-electron chi connectivity index (χ1n) is 6.08. The Morgan fingerprint density at radius 1 is 1.47 bits per heavy atom. The summed E-state index contributed by atoms with van der Waals surface area (Å²) < 4.78 is 2.00. The zero-order valence-corrected chi connectivity index (χ0v) is 11.0. The highest BCUT2D eigenvalue weighted by atomic mass is 16.4. The Balaban J connectivity index is 2.38. The first-order valence-corrected chi connectivity index (χ1v) is 6.08. The number of hydrogen-bond acceptors (Lipinski definition) is 3. The number of carboxylic acids is 1. The van der Waals surface area contributed by atoms with Crippen LogP contribution in [0.4, 0.5) is 0 Å². The third-order valence-electron chi connectivity index (χ3n) is 3.17. The summed E-state index contributed by atoms with van der Waals surface area (Å²) in [5, 5.41) is 8.88. The van der Waals surface area contributed by atoms with Crippen molar-refractivity contribution >= 4 is 5.97 Å². The predicted molar refractivity (Wildman–Crippen MR) is 72.4 cm³/mol. The van der Waals surface area contributed by atoms with E-state index in [2.05, 4.69) is 4.98 Å². The molecule has 0 fully saturated rings. The van der Waals surface area contributed by atoms with E-state index in [-0.39, 0.29) is 0 Å². The molecule has 2 rings (SSSR count). The van der Waals surface area contributed by atoms with Gasteiger partial charge in [-0.05, 0) is 37.6 Å². The second-order valence-electron chi connectivity index (χ2n) is 4.57. The molecule has 2 aromatic heterocycles. The standard InChI is InChI=1S/C14H17N3O2/c1-9-7-11(8-12(15)14(18)19)10(2)17(9)13-5-3-4-6-16-13/h3-7,12H,8,15H2,1-2H3,(H,18,19). The van der Waals surface area contributed by atoms with Crippen molar-refractivity contribution in [1.29, 1.82) is 0 Å². The summed E-state index contributed by atoms with van der Waals surface area (Å²) in [4.78, 5) is 15.1. The van der Waals surface area contributed by atoms with Crippen molar-refractivity contribution in [3.05, 3.63) is 47.4 Å². The van der Waals surface area contributed by atoms with Gasteiger partial charge in [0.25, 0.3) is 0 Å². The number of nitrogens with zero attached hydrogens (tertiary/aromatic N) is 2. The summed E-state index contributed by atoms with van der Waals surface area (Å²) in [6.45, 7) is 3.92. The monoisotopic (exact) mass is 259 g/mol. The van der Waals surface area contributed by atoms with Gasteiger partial charge < -0.3 is 15.4 Å². The minimum atomic E-state index is -0.984. The molecule has 2 aromatic rings. The van der Waals surface area contributed by atoms with E-state index in [1.165, 1.54) is 0 Å². The summed E-state index contributed by atoms with van der Waals surface area (Å²) in [5.74, 6) is -0.157. The average Bonchev–Trinajstić information content (AvgIpc) is 2.65. The summed E-state index contributed by atoms with van der Waals surface area (Å²) in [6.07, 6.45) is 2.05. The Morgan fingerprint density at radius 2 is 2.21 bits per heavy atom. The van der Waals surface area contributed by atoms with Crippen LogP contribution in [-0.2, 0) is 11.2 Å². The lowest BCUT2D eigenvalue weighted by Crippen LogP contribution is -2.32. The molecule has 0 amide bonds. The van der Waals surface area contributed by atoms with Gasteiger partial charge in [0, 0.05) is 24.0 Å². The topological polar surface area (TPSA) is 81.1 Å². The molecule has 3 N–H and O–H groups in total. The van der Waals surface area contributed by atoms with Gasteiger partial charge in [-0.1, -0.05) is 6.07 Å². The molecule has 0 aliphatic carbocycles. The van der Waals surface area contributed by atoms with Crippen molar-refractivity contribution in [3.8, 4) is 5.82 Å². The van der Waals surface area contributed by atoms with Gasteiger partial charge in [-0.25, -0.2) is 4.98 Å². The number of carbonyl (C=O) groups is 1. The number of aryl methyl sites for hydroxylation is 1. The highest BCUT2D eigenvalue weighted by molar-refractivity contribution is 5.73. The van der Waals surface area contributed by atoms with Gasteiger partial charge in [-0.15, -0.1) is 0 Å². The van der Waals surface area contributed by atoms with Crippen LogP contribution in [0.3, 0.4) is 0 Å². The number of nitrogens with two attached hydrogens (primary N) is 1. The number of aromatic nitrogens is 2. The first-order chi connectivity index (χ1) is 9.00. The van der Waals surface area contributed by atoms with E-state index < -0.39 is 12.0 Å². The highest BCUT2D eigenvalue weighted by Crippen LogP contribution is 2.20. The van der Waals surface area contributed by atoms with Crippen LogP contribution in [0.2, 0.25) is 0 Å². The maximum atomic E-state index is 10.8. The summed E-state index contributed by atoms with van der Waals surface area (Å²) in [5.41, 5.74) is 8.53. The molecule has 0 aliphatic rings. The quantitative estimate of drug-likeness (QED) is 0.870. The Kier molecular flexibility index (Phi) is 3.66. The number of carboxylic acid groups (broad SMARTS) is 1. The smallest absolute Gasteiger partial charge is 0.320 e. The molecule has 5 heteroatoms. The van der Waals surface area contributed by atoms with E-state index in [9.17, 15) is 4.79 Å². The van der Waals surface area contributed by atoms with Crippen LogP contribution in [0.25, 0.3) is 5.82 Å². The third-order valence-corrected chi connectivity index (χ3v) is 3.17. The van der Waals surface area contributed by atoms with E-state index in [1.807, 2.05) is 42.7 Å². The lowest BCUT2D eigenvalue weighted by Gasteiger charge is -2.09. The fourth-order valence-electron chi connectivity index (χ4n) is 2.20. The molecule has 1 atom stereocenters. The molecule has 0 radical (unpaired) electrons. The normalized spacial score (nSPS) is 12.4. The minimum Gasteiger partial charge on any atom is -0.480 e. The molecule has 2 heterocycles. The van der Waals surface area contributed by atoms with Crippen LogP contribution in [0.1, 0.15) is 17.0 Å². The molecule has 0 aliphatic heterocycles. The Bertz CT molecular complexity index is 590. The maximum Gasteiger partial charge on any atom is 0.320 e. The predicted octanol–water partition coefficient (Wildman–Crippen LogP) is 1.44. The van der Waals surface area contributed by atoms with Gasteiger partial charge in [0.2, 0.25) is 0 Å². The molecule has 100 valence electrons. The van der Waals surface area contributed by atoms with Gasteiger partial charge in [0.1, 0.15) is 11.9 Å². The van der Waals surface area contributed by atoms with Gasteiger partial charge in [-0.2, -0.15) is 0 Å². The van der Waals surface area contributed by atoms with Crippen LogP contribution in [0, 0.1) is 13.8 Å². The minimum absolute atomic E-state index is 0.321. The van der Waals surface area contributed by atoms with Gasteiger partial charge in [-0.3, -0.25) is 4.79 Å². The molecule has 0 spiro atoms.